The first-order valence-electron chi connectivity index (χ1n) is 5.95. The molecule has 0 saturated heterocycles. The summed E-state index contributed by atoms with van der Waals surface area (Å²) in [4.78, 5) is 22.4. The lowest BCUT2D eigenvalue weighted by Gasteiger charge is -2.17. The van der Waals surface area contributed by atoms with Gasteiger partial charge in [-0.05, 0) is 30.7 Å². The van der Waals surface area contributed by atoms with E-state index >= 15 is 0 Å². The Morgan fingerprint density at radius 2 is 1.95 bits per heavy atom. The molecule has 0 bridgehead atoms. The average molecular weight is 268 g/mol. The lowest BCUT2D eigenvalue weighted by atomic mass is 10.1. The van der Waals surface area contributed by atoms with Crippen LogP contribution in [-0.4, -0.2) is 25.2 Å². The van der Waals surface area contributed by atoms with Crippen molar-refractivity contribution in [2.24, 2.45) is 0 Å². The van der Waals surface area contributed by atoms with Gasteiger partial charge in [0.1, 0.15) is 5.82 Å². The maximum Gasteiger partial charge on any atom is 0.413 e. The second kappa shape index (κ2) is 7.35. The highest BCUT2D eigenvalue weighted by atomic mass is 19.1. The molecule has 0 fully saturated rings. The molecule has 0 saturated carbocycles. The number of halogens is 1. The Morgan fingerprint density at radius 1 is 1.32 bits per heavy atom. The molecule has 0 heterocycles. The third-order valence-electron chi connectivity index (χ3n) is 2.57. The topological polar surface area (TPSA) is 67.4 Å². The minimum absolute atomic E-state index is 0.128. The predicted molar refractivity (Wildman–Crippen MR) is 69.3 cm³/mol. The molecule has 0 aliphatic carbocycles. The lowest BCUT2D eigenvalue weighted by molar-refractivity contribution is -0.120. The van der Waals surface area contributed by atoms with Gasteiger partial charge in [-0.3, -0.25) is 10.1 Å². The summed E-state index contributed by atoms with van der Waals surface area (Å²) in [7, 11) is 1.19. The van der Waals surface area contributed by atoms with Gasteiger partial charge in [0.05, 0.1) is 7.11 Å². The zero-order chi connectivity index (χ0) is 14.3. The van der Waals surface area contributed by atoms with Gasteiger partial charge in [0.25, 0.3) is 0 Å². The van der Waals surface area contributed by atoms with Gasteiger partial charge in [-0.25, -0.2) is 9.18 Å². The number of methoxy groups -OCH3 is 1. The standard InChI is InChI=1S/C13H17FN2O3/c1-3-10(8-12(17)16-13(18)19-2)15-11-6-4-9(14)5-7-11/h4-7,10,15H,3,8H2,1-2H3,(H,16,17,18)/t10-/m1/s1. The summed E-state index contributed by atoms with van der Waals surface area (Å²) < 4.78 is 17.1. The summed E-state index contributed by atoms with van der Waals surface area (Å²) in [6.45, 7) is 1.91. The predicted octanol–water partition coefficient (Wildman–Crippen LogP) is 2.29. The Balaban J connectivity index is 2.51. The van der Waals surface area contributed by atoms with Crippen LogP contribution in [0.5, 0.6) is 0 Å². The molecule has 1 aromatic rings. The lowest BCUT2D eigenvalue weighted by Crippen LogP contribution is -2.34. The Kier molecular flexibility index (Phi) is 5.78. The molecule has 0 radical (unpaired) electrons. The average Bonchev–Trinajstić information content (AvgIpc) is 2.40. The van der Waals surface area contributed by atoms with Crippen LogP contribution in [0.3, 0.4) is 0 Å². The van der Waals surface area contributed by atoms with Crippen molar-refractivity contribution in [1.82, 2.24) is 5.32 Å². The summed E-state index contributed by atoms with van der Waals surface area (Å²) in [5.41, 5.74) is 0.721. The summed E-state index contributed by atoms with van der Waals surface area (Å²) in [6.07, 6.45) is 0.0382. The van der Waals surface area contributed by atoms with E-state index in [1.165, 1.54) is 19.2 Å². The second-order valence-corrected chi connectivity index (χ2v) is 4.00. The fourth-order valence-electron chi connectivity index (χ4n) is 1.52. The molecule has 2 amide bonds. The van der Waals surface area contributed by atoms with E-state index in [9.17, 15) is 14.0 Å². The fourth-order valence-corrected chi connectivity index (χ4v) is 1.52. The molecule has 0 aliphatic heterocycles. The highest BCUT2D eigenvalue weighted by Gasteiger charge is 2.14. The zero-order valence-electron chi connectivity index (χ0n) is 10.9. The number of ether oxygens (including phenoxy) is 1. The number of nitrogens with one attached hydrogen (secondary N) is 2. The molecule has 1 atom stereocenters. The molecule has 0 aliphatic rings. The van der Waals surface area contributed by atoms with Crippen molar-refractivity contribution in [1.29, 1.82) is 0 Å². The number of amides is 2. The molecule has 0 unspecified atom stereocenters. The number of carbonyl (C=O) groups is 2. The first kappa shape index (κ1) is 14.9. The van der Waals surface area contributed by atoms with Crippen molar-refractivity contribution in [2.75, 3.05) is 12.4 Å². The molecule has 104 valence electrons. The number of anilines is 1. The number of hydrogen-bond acceptors (Lipinski definition) is 4. The van der Waals surface area contributed by atoms with E-state index in [1.807, 2.05) is 6.92 Å². The molecule has 19 heavy (non-hydrogen) atoms. The fraction of sp³-hybridized carbons (Fsp3) is 0.385. The number of imide groups is 1. The van der Waals surface area contributed by atoms with E-state index in [0.29, 0.717) is 6.42 Å². The number of carbonyl (C=O) groups excluding carboxylic acids is 2. The maximum atomic E-state index is 12.8. The summed E-state index contributed by atoms with van der Waals surface area (Å²) in [6, 6.07) is 5.72. The van der Waals surface area contributed by atoms with Gasteiger partial charge in [0.2, 0.25) is 5.91 Å². The second-order valence-electron chi connectivity index (χ2n) is 4.00. The Hall–Kier alpha value is -2.11. The molecule has 0 spiro atoms. The normalized spacial score (nSPS) is 11.5. The number of benzene rings is 1. The van der Waals surface area contributed by atoms with Gasteiger partial charge in [0.15, 0.2) is 0 Å². The van der Waals surface area contributed by atoms with Crippen LogP contribution >= 0.6 is 0 Å². The quantitative estimate of drug-likeness (QED) is 0.859. The van der Waals surface area contributed by atoms with Crippen molar-refractivity contribution < 1.29 is 18.7 Å². The smallest absolute Gasteiger partial charge is 0.413 e. The Morgan fingerprint density at radius 3 is 2.47 bits per heavy atom. The number of rotatable bonds is 5. The molecule has 1 aromatic carbocycles. The molecule has 5 nitrogen and oxygen atoms in total. The van der Waals surface area contributed by atoms with Crippen LogP contribution in [-0.2, 0) is 9.53 Å². The first-order valence-corrected chi connectivity index (χ1v) is 5.95. The van der Waals surface area contributed by atoms with Crippen LogP contribution in [0.25, 0.3) is 0 Å². The van der Waals surface area contributed by atoms with E-state index in [2.05, 4.69) is 15.4 Å². The van der Waals surface area contributed by atoms with Crippen molar-refractivity contribution in [3.05, 3.63) is 30.1 Å². The van der Waals surface area contributed by atoms with E-state index in [-0.39, 0.29) is 18.3 Å². The largest absolute Gasteiger partial charge is 0.453 e. The monoisotopic (exact) mass is 268 g/mol. The first-order chi connectivity index (χ1) is 9.05. The van der Waals surface area contributed by atoms with E-state index in [4.69, 9.17) is 0 Å². The third kappa shape index (κ3) is 5.37. The van der Waals surface area contributed by atoms with Gasteiger partial charge in [0, 0.05) is 18.2 Å². The van der Waals surface area contributed by atoms with Gasteiger partial charge in [-0.1, -0.05) is 6.92 Å². The minimum Gasteiger partial charge on any atom is -0.453 e. The van der Waals surface area contributed by atoms with E-state index in [0.717, 1.165) is 5.69 Å². The van der Waals surface area contributed by atoms with E-state index in [1.54, 1.807) is 12.1 Å². The van der Waals surface area contributed by atoms with Gasteiger partial charge >= 0.3 is 6.09 Å². The number of alkyl carbamates (subject to hydrolysis) is 1. The van der Waals surface area contributed by atoms with Gasteiger partial charge < -0.3 is 10.1 Å². The SMILES string of the molecule is CC[C@H](CC(=O)NC(=O)OC)Nc1ccc(F)cc1. The zero-order valence-corrected chi connectivity index (χ0v) is 10.9. The van der Waals surface area contributed by atoms with Gasteiger partial charge in [-0.15, -0.1) is 0 Å². The van der Waals surface area contributed by atoms with Gasteiger partial charge in [-0.2, -0.15) is 0 Å². The minimum atomic E-state index is -0.776. The van der Waals surface area contributed by atoms with Crippen LogP contribution in [0.2, 0.25) is 0 Å². The van der Waals surface area contributed by atoms with Crippen LogP contribution < -0.4 is 10.6 Å². The summed E-state index contributed by atoms with van der Waals surface area (Å²) in [5, 5.41) is 5.19. The molecule has 1 rings (SSSR count). The molecule has 6 heteroatoms. The number of hydrogen-bond donors (Lipinski definition) is 2. The third-order valence-corrected chi connectivity index (χ3v) is 2.57. The van der Waals surface area contributed by atoms with Crippen LogP contribution in [0.4, 0.5) is 14.9 Å². The van der Waals surface area contributed by atoms with Crippen molar-refractivity contribution >= 4 is 17.7 Å². The summed E-state index contributed by atoms with van der Waals surface area (Å²) >= 11 is 0. The molecule has 0 aromatic heterocycles. The molecular formula is C13H17FN2O3. The Bertz CT molecular complexity index is 434. The van der Waals surface area contributed by atoms with Crippen molar-refractivity contribution in [3.8, 4) is 0 Å². The molecule has 2 N–H and O–H groups in total. The van der Waals surface area contributed by atoms with Crippen LogP contribution in [0, 0.1) is 5.82 Å². The van der Waals surface area contributed by atoms with E-state index < -0.39 is 12.0 Å². The maximum absolute atomic E-state index is 12.8. The van der Waals surface area contributed by atoms with Crippen LogP contribution in [0.15, 0.2) is 24.3 Å². The highest BCUT2D eigenvalue weighted by Crippen LogP contribution is 2.12. The highest BCUT2D eigenvalue weighted by molar-refractivity contribution is 5.92. The summed E-state index contributed by atoms with van der Waals surface area (Å²) in [5.74, 6) is -0.740. The Labute approximate surface area is 111 Å². The van der Waals surface area contributed by atoms with Crippen LogP contribution in [0.1, 0.15) is 19.8 Å². The van der Waals surface area contributed by atoms with Crippen molar-refractivity contribution in [2.45, 2.75) is 25.8 Å². The molecular weight excluding hydrogens is 251 g/mol. The van der Waals surface area contributed by atoms with Crippen molar-refractivity contribution in [3.63, 3.8) is 0 Å².